The van der Waals surface area contributed by atoms with E-state index in [2.05, 4.69) is 15.6 Å². The normalized spacial score (nSPS) is 18.7. The average molecular weight is 572 g/mol. The Hall–Kier alpha value is -5.26. The lowest BCUT2D eigenvalue weighted by Crippen LogP contribution is -2.45. The van der Waals surface area contributed by atoms with E-state index in [0.29, 0.717) is 35.9 Å². The molecule has 4 bridgehead atoms. The van der Waals surface area contributed by atoms with Gasteiger partial charge in [-0.2, -0.15) is 0 Å². The summed E-state index contributed by atoms with van der Waals surface area (Å²) in [6.45, 7) is 0.949. The van der Waals surface area contributed by atoms with E-state index in [1.54, 1.807) is 53.8 Å². The number of nitrogens with one attached hydrogen (secondary N) is 2. The number of ether oxygens (including phenoxy) is 3. The van der Waals surface area contributed by atoms with Crippen molar-refractivity contribution >= 4 is 17.7 Å². The molecule has 3 aliphatic rings. The molecule has 3 amide bonds. The summed E-state index contributed by atoms with van der Waals surface area (Å²) in [4.78, 5) is 44.8. The molecule has 4 aromatic rings. The third kappa shape index (κ3) is 5.92. The van der Waals surface area contributed by atoms with Gasteiger partial charge in [0.2, 0.25) is 0 Å². The van der Waals surface area contributed by atoms with Crippen LogP contribution in [0.2, 0.25) is 0 Å². The Labute approximate surface area is 241 Å². The topological polar surface area (TPSA) is 137 Å². The standard InChI is InChI=1S/C30H29N5O7/c1-39-24-8-4-20-12-26(24)40-17-28(36)32-13-19-2-5-21(6-3-19)41-27-16-35(15-23(27)33-29(20)37)30(38)25-9-7-22(42-25)14-34-11-10-31-18-34/h2-12,18,23,27H,13-17H2,1H3,(H,32,36)(H,33,37)/t23-,27-/m0/s1. The number of rotatable bonds is 4. The Bertz CT molecular complexity index is 1580. The summed E-state index contributed by atoms with van der Waals surface area (Å²) in [5, 5.41) is 5.83. The molecule has 2 aromatic heterocycles. The van der Waals surface area contributed by atoms with Gasteiger partial charge < -0.3 is 38.7 Å². The minimum atomic E-state index is -0.534. The van der Waals surface area contributed by atoms with Crippen LogP contribution >= 0.6 is 0 Å². The maximum absolute atomic E-state index is 13.4. The van der Waals surface area contributed by atoms with Gasteiger partial charge >= 0.3 is 0 Å². The molecule has 0 unspecified atom stereocenters. The summed E-state index contributed by atoms with van der Waals surface area (Å²) in [5.74, 6) is 1.03. The van der Waals surface area contributed by atoms with Crippen LogP contribution in [-0.4, -0.2) is 71.1 Å². The lowest BCUT2D eigenvalue weighted by Gasteiger charge is -2.21. The van der Waals surface area contributed by atoms with Crippen LogP contribution < -0.4 is 24.8 Å². The van der Waals surface area contributed by atoms with Crippen molar-refractivity contribution in [3.8, 4) is 17.2 Å². The Morgan fingerprint density at radius 3 is 2.74 bits per heavy atom. The van der Waals surface area contributed by atoms with E-state index in [0.717, 1.165) is 5.56 Å². The van der Waals surface area contributed by atoms with Crippen LogP contribution in [0.1, 0.15) is 32.2 Å². The first kappa shape index (κ1) is 26.9. The number of imidazole rings is 1. The van der Waals surface area contributed by atoms with Gasteiger partial charge in [-0.15, -0.1) is 0 Å². The first-order valence-corrected chi connectivity index (χ1v) is 13.4. The molecule has 2 aromatic carbocycles. The molecule has 0 saturated carbocycles. The molecule has 12 nitrogen and oxygen atoms in total. The van der Waals surface area contributed by atoms with Crippen LogP contribution in [0.5, 0.6) is 17.2 Å². The molecule has 42 heavy (non-hydrogen) atoms. The number of carbonyl (C=O) groups excluding carboxylic acids is 3. The van der Waals surface area contributed by atoms with Crippen molar-refractivity contribution < 1.29 is 33.0 Å². The predicted octanol–water partition coefficient (Wildman–Crippen LogP) is 2.24. The fraction of sp³-hybridized carbons (Fsp3) is 0.267. The zero-order valence-electron chi connectivity index (χ0n) is 22.8. The van der Waals surface area contributed by atoms with Gasteiger partial charge in [-0.3, -0.25) is 14.4 Å². The van der Waals surface area contributed by atoms with E-state index in [1.807, 2.05) is 22.9 Å². The number of amides is 3. The predicted molar refractivity (Wildman–Crippen MR) is 148 cm³/mol. The number of nitrogens with zero attached hydrogens (tertiary/aromatic N) is 3. The van der Waals surface area contributed by atoms with E-state index in [4.69, 9.17) is 18.6 Å². The molecule has 12 heteroatoms. The summed E-state index contributed by atoms with van der Waals surface area (Å²) in [5.41, 5.74) is 1.18. The SMILES string of the molecule is COc1ccc2cc1OCC(=O)NCc1ccc(cc1)O[C@H]1CN(C(=O)c3ccc(Cn4ccnc4)o3)C[C@@H]1NC2=O. The van der Waals surface area contributed by atoms with Crippen molar-refractivity contribution in [2.45, 2.75) is 25.2 Å². The number of aromatic nitrogens is 2. The minimum absolute atomic E-state index is 0.202. The summed E-state index contributed by atoms with van der Waals surface area (Å²) >= 11 is 0. The van der Waals surface area contributed by atoms with Gasteiger partial charge in [0.1, 0.15) is 17.6 Å². The molecule has 216 valence electrons. The molecule has 2 atom stereocenters. The van der Waals surface area contributed by atoms with Crippen LogP contribution in [-0.2, 0) is 17.9 Å². The number of fused-ring (bicyclic) bond motifs is 7. The number of hydrogen-bond acceptors (Lipinski definition) is 8. The molecule has 0 spiro atoms. The third-order valence-electron chi connectivity index (χ3n) is 7.13. The van der Waals surface area contributed by atoms with Gasteiger partial charge in [0.25, 0.3) is 17.7 Å². The van der Waals surface area contributed by atoms with Crippen molar-refractivity contribution in [3.05, 3.63) is 96.0 Å². The monoisotopic (exact) mass is 571 g/mol. The molecular weight excluding hydrogens is 542 g/mol. The highest BCUT2D eigenvalue weighted by atomic mass is 16.5. The molecule has 0 aliphatic carbocycles. The highest BCUT2D eigenvalue weighted by Gasteiger charge is 2.39. The second-order valence-electron chi connectivity index (χ2n) is 10.0. The number of benzene rings is 2. The zero-order chi connectivity index (χ0) is 29.1. The van der Waals surface area contributed by atoms with Crippen LogP contribution in [0.3, 0.4) is 0 Å². The Morgan fingerprint density at radius 1 is 1.10 bits per heavy atom. The van der Waals surface area contributed by atoms with E-state index in [1.165, 1.54) is 13.2 Å². The highest BCUT2D eigenvalue weighted by molar-refractivity contribution is 5.95. The number of methoxy groups -OCH3 is 1. The fourth-order valence-corrected chi connectivity index (χ4v) is 4.93. The maximum Gasteiger partial charge on any atom is 0.289 e. The zero-order valence-corrected chi connectivity index (χ0v) is 22.8. The third-order valence-corrected chi connectivity index (χ3v) is 7.13. The minimum Gasteiger partial charge on any atom is -0.493 e. The smallest absolute Gasteiger partial charge is 0.289 e. The molecule has 5 heterocycles. The van der Waals surface area contributed by atoms with E-state index in [-0.39, 0.29) is 48.9 Å². The molecule has 1 fully saturated rings. The van der Waals surface area contributed by atoms with Crippen molar-refractivity contribution in [1.82, 2.24) is 25.1 Å². The average Bonchev–Trinajstić information content (AvgIpc) is 3.77. The summed E-state index contributed by atoms with van der Waals surface area (Å²) < 4.78 is 25.0. The van der Waals surface area contributed by atoms with Gasteiger partial charge in [-0.05, 0) is 48.0 Å². The van der Waals surface area contributed by atoms with Gasteiger partial charge in [0.15, 0.2) is 23.9 Å². The Morgan fingerprint density at radius 2 is 1.95 bits per heavy atom. The Balaban J connectivity index is 1.25. The lowest BCUT2D eigenvalue weighted by molar-refractivity contribution is -0.123. The van der Waals surface area contributed by atoms with Crippen molar-refractivity contribution in [2.75, 3.05) is 26.8 Å². The van der Waals surface area contributed by atoms with Gasteiger partial charge in [-0.25, -0.2) is 4.98 Å². The number of hydrogen-bond donors (Lipinski definition) is 2. The Kier molecular flexibility index (Phi) is 7.50. The quantitative estimate of drug-likeness (QED) is 0.381. The molecule has 2 N–H and O–H groups in total. The first-order chi connectivity index (χ1) is 20.4. The van der Waals surface area contributed by atoms with Crippen molar-refractivity contribution in [1.29, 1.82) is 0 Å². The van der Waals surface area contributed by atoms with Crippen LogP contribution in [0.25, 0.3) is 0 Å². The molecular formula is C30H29N5O7. The second kappa shape index (κ2) is 11.7. The summed E-state index contributed by atoms with van der Waals surface area (Å²) in [7, 11) is 1.48. The molecule has 3 aliphatic heterocycles. The van der Waals surface area contributed by atoms with E-state index < -0.39 is 12.1 Å². The largest absolute Gasteiger partial charge is 0.493 e. The lowest BCUT2D eigenvalue weighted by atomic mass is 10.1. The molecule has 7 rings (SSSR count). The summed E-state index contributed by atoms with van der Waals surface area (Å²) in [6.07, 6.45) is 4.63. The van der Waals surface area contributed by atoms with Crippen LogP contribution in [0, 0.1) is 0 Å². The summed E-state index contributed by atoms with van der Waals surface area (Å²) in [6, 6.07) is 14.9. The van der Waals surface area contributed by atoms with Crippen molar-refractivity contribution in [3.63, 3.8) is 0 Å². The van der Waals surface area contributed by atoms with E-state index >= 15 is 0 Å². The first-order valence-electron chi connectivity index (χ1n) is 13.4. The maximum atomic E-state index is 13.4. The van der Waals surface area contributed by atoms with Crippen molar-refractivity contribution in [2.24, 2.45) is 0 Å². The number of carbonyl (C=O) groups is 3. The van der Waals surface area contributed by atoms with Gasteiger partial charge in [0.05, 0.1) is 32.6 Å². The highest BCUT2D eigenvalue weighted by Crippen LogP contribution is 2.29. The van der Waals surface area contributed by atoms with Crippen LogP contribution in [0.4, 0.5) is 0 Å². The fourth-order valence-electron chi connectivity index (χ4n) is 4.93. The van der Waals surface area contributed by atoms with Gasteiger partial charge in [0, 0.05) is 31.0 Å². The second-order valence-corrected chi connectivity index (χ2v) is 10.0. The molecule has 1 saturated heterocycles. The van der Waals surface area contributed by atoms with Crippen LogP contribution in [0.15, 0.2) is 77.7 Å². The number of likely N-dealkylation sites (tertiary alicyclic amines) is 1. The van der Waals surface area contributed by atoms with E-state index in [9.17, 15) is 14.4 Å². The van der Waals surface area contributed by atoms with Gasteiger partial charge in [-0.1, -0.05) is 12.1 Å². The number of furan rings is 1. The molecule has 0 radical (unpaired) electrons.